The summed E-state index contributed by atoms with van der Waals surface area (Å²) in [4.78, 5) is 35.4. The number of alkyl carbamates (subject to hydrolysis) is 1. The first-order valence-corrected chi connectivity index (χ1v) is 10.2. The first-order chi connectivity index (χ1) is 13.0. The molecule has 2 rings (SSSR count). The molecule has 1 aliphatic heterocycles. The highest BCUT2D eigenvalue weighted by Crippen LogP contribution is 2.29. The second-order valence-electron chi connectivity index (χ2n) is 7.13. The van der Waals surface area contributed by atoms with Crippen molar-refractivity contribution in [3.05, 3.63) is 29.8 Å². The van der Waals surface area contributed by atoms with Crippen molar-refractivity contribution >= 4 is 28.0 Å². The first-order valence-electron chi connectivity index (χ1n) is 8.81. The Labute approximate surface area is 164 Å². The van der Waals surface area contributed by atoms with Crippen molar-refractivity contribution in [3.63, 3.8) is 0 Å². The van der Waals surface area contributed by atoms with Crippen LogP contribution >= 0.6 is 0 Å². The van der Waals surface area contributed by atoms with Gasteiger partial charge in [0.2, 0.25) is 0 Å². The molecule has 9 nitrogen and oxygen atoms in total. The third-order valence-corrected chi connectivity index (χ3v) is 5.54. The number of carbonyl (C=O) groups is 3. The molecule has 2 amide bonds. The summed E-state index contributed by atoms with van der Waals surface area (Å²) in [5.74, 6) is -1.18. The van der Waals surface area contributed by atoms with Crippen molar-refractivity contribution in [2.75, 3.05) is 19.7 Å². The summed E-state index contributed by atoms with van der Waals surface area (Å²) in [7, 11) is -3.91. The third kappa shape index (κ3) is 5.44. The van der Waals surface area contributed by atoms with Gasteiger partial charge in [-0.3, -0.25) is 9.59 Å². The van der Waals surface area contributed by atoms with Crippen molar-refractivity contribution < 1.29 is 32.3 Å². The van der Waals surface area contributed by atoms with Crippen LogP contribution in [0, 0.1) is 0 Å². The van der Waals surface area contributed by atoms with E-state index in [2.05, 4.69) is 5.32 Å². The molecule has 154 valence electrons. The average Bonchev–Trinajstić information content (AvgIpc) is 2.78. The zero-order chi connectivity index (χ0) is 20.9. The fraction of sp³-hybridized carbons (Fsp3) is 0.500. The minimum Gasteiger partial charge on any atom is -0.464 e. The van der Waals surface area contributed by atoms with Gasteiger partial charge in [0.1, 0.15) is 17.1 Å². The summed E-state index contributed by atoms with van der Waals surface area (Å²) >= 11 is 0. The van der Waals surface area contributed by atoms with Crippen LogP contribution in [0.25, 0.3) is 0 Å². The smallest absolute Gasteiger partial charge is 0.407 e. The molecule has 1 aromatic rings. The minimum atomic E-state index is -3.91. The number of hydrogen-bond acceptors (Lipinski definition) is 7. The van der Waals surface area contributed by atoms with Crippen molar-refractivity contribution in [2.45, 2.75) is 44.1 Å². The zero-order valence-electron chi connectivity index (χ0n) is 16.1. The Balaban J connectivity index is 1.71. The number of benzene rings is 1. The van der Waals surface area contributed by atoms with Gasteiger partial charge in [-0.25, -0.2) is 17.5 Å². The Morgan fingerprint density at radius 3 is 2.50 bits per heavy atom. The highest BCUT2D eigenvalue weighted by Gasteiger charge is 2.40. The highest BCUT2D eigenvalue weighted by atomic mass is 32.2. The van der Waals surface area contributed by atoms with Gasteiger partial charge in [0.25, 0.3) is 15.9 Å². The molecule has 1 aromatic carbocycles. The number of fused-ring (bicyclic) bond motifs is 1. The topological polar surface area (TPSA) is 119 Å². The Kier molecular flexibility index (Phi) is 6.65. The van der Waals surface area contributed by atoms with E-state index in [9.17, 15) is 22.8 Å². The fourth-order valence-corrected chi connectivity index (χ4v) is 4.06. The van der Waals surface area contributed by atoms with Gasteiger partial charge >= 0.3 is 12.1 Å². The van der Waals surface area contributed by atoms with Crippen molar-refractivity contribution in [1.82, 2.24) is 9.62 Å². The molecule has 1 N–H and O–H groups in total. The summed E-state index contributed by atoms with van der Waals surface area (Å²) in [5, 5.41) is 2.52. The monoisotopic (exact) mass is 412 g/mol. The number of sulfonamides is 1. The van der Waals surface area contributed by atoms with Crippen molar-refractivity contribution in [2.24, 2.45) is 0 Å². The Bertz CT molecular complexity index is 859. The van der Waals surface area contributed by atoms with Gasteiger partial charge in [-0.1, -0.05) is 12.1 Å². The molecular weight excluding hydrogens is 388 g/mol. The van der Waals surface area contributed by atoms with Crippen LogP contribution in [0.1, 0.15) is 44.0 Å². The van der Waals surface area contributed by atoms with E-state index in [0.717, 1.165) is 0 Å². The second kappa shape index (κ2) is 8.59. The first kappa shape index (κ1) is 21.7. The number of carbonyl (C=O) groups excluding carboxylic acids is 3. The normalized spacial score (nSPS) is 15.1. The molecule has 0 unspecified atom stereocenters. The molecule has 0 radical (unpaired) electrons. The zero-order valence-corrected chi connectivity index (χ0v) is 16.9. The highest BCUT2D eigenvalue weighted by molar-refractivity contribution is 7.90. The van der Waals surface area contributed by atoms with Crippen LogP contribution in [0.4, 0.5) is 4.79 Å². The molecule has 28 heavy (non-hydrogen) atoms. The Hall–Kier alpha value is -2.62. The van der Waals surface area contributed by atoms with Gasteiger partial charge < -0.3 is 14.8 Å². The number of nitrogens with one attached hydrogen (secondary N) is 1. The van der Waals surface area contributed by atoms with Gasteiger partial charge in [0.15, 0.2) is 0 Å². The lowest BCUT2D eigenvalue weighted by atomic mass is 10.2. The van der Waals surface area contributed by atoms with E-state index in [4.69, 9.17) is 9.47 Å². The molecule has 0 saturated heterocycles. The summed E-state index contributed by atoms with van der Waals surface area (Å²) in [5.41, 5.74) is -0.488. The summed E-state index contributed by atoms with van der Waals surface area (Å²) in [6.45, 7) is 4.97. The molecule has 1 aliphatic rings. The molecular formula is C18H24N2O7S. The Morgan fingerprint density at radius 2 is 1.86 bits per heavy atom. The molecule has 0 bridgehead atoms. The largest absolute Gasteiger partial charge is 0.464 e. The van der Waals surface area contributed by atoms with E-state index in [0.29, 0.717) is 10.7 Å². The van der Waals surface area contributed by atoms with Gasteiger partial charge in [-0.15, -0.1) is 0 Å². The maximum atomic E-state index is 12.4. The van der Waals surface area contributed by atoms with Crippen molar-refractivity contribution in [3.8, 4) is 0 Å². The number of amides is 2. The molecule has 0 aromatic heterocycles. The number of hydrogen-bond donors (Lipinski definition) is 1. The van der Waals surface area contributed by atoms with Crippen LogP contribution in [-0.2, 0) is 24.3 Å². The number of nitrogens with zero attached hydrogens (tertiary/aromatic N) is 1. The van der Waals surface area contributed by atoms with Gasteiger partial charge in [0.05, 0.1) is 12.1 Å². The van der Waals surface area contributed by atoms with Crippen LogP contribution in [0.15, 0.2) is 29.2 Å². The molecule has 0 spiro atoms. The van der Waals surface area contributed by atoms with Gasteiger partial charge in [-0.2, -0.15) is 0 Å². The van der Waals surface area contributed by atoms with Gasteiger partial charge in [-0.05, 0) is 39.3 Å². The minimum absolute atomic E-state index is 0.0384. The van der Waals surface area contributed by atoms with E-state index in [1.807, 2.05) is 0 Å². The van der Waals surface area contributed by atoms with Crippen LogP contribution in [0.2, 0.25) is 0 Å². The molecule has 10 heteroatoms. The van der Waals surface area contributed by atoms with E-state index >= 15 is 0 Å². The second-order valence-corrected chi connectivity index (χ2v) is 8.96. The molecule has 0 fully saturated rings. The third-order valence-electron chi connectivity index (χ3n) is 3.70. The summed E-state index contributed by atoms with van der Waals surface area (Å²) in [6, 6.07) is 5.94. The maximum Gasteiger partial charge on any atom is 0.407 e. The molecule has 0 atom stereocenters. The van der Waals surface area contributed by atoms with Crippen LogP contribution in [0.5, 0.6) is 0 Å². The standard InChI is InChI=1S/C18H24N2O7S/c1-18(2,3)27-17(23)19-10-6-9-15(21)26-12-11-20-16(22)13-7-4-5-8-14(13)28(20,24)25/h4-5,7-8H,6,9-12H2,1-3H3,(H,19,23). The molecule has 0 aliphatic carbocycles. The van der Waals surface area contributed by atoms with Crippen LogP contribution in [0.3, 0.4) is 0 Å². The molecule has 1 heterocycles. The van der Waals surface area contributed by atoms with E-state index in [-0.39, 0.29) is 36.6 Å². The van der Waals surface area contributed by atoms with Crippen LogP contribution in [-0.4, -0.2) is 56.0 Å². The van der Waals surface area contributed by atoms with Gasteiger partial charge in [0, 0.05) is 13.0 Å². The summed E-state index contributed by atoms with van der Waals surface area (Å²) in [6.07, 6.45) is -0.195. The SMILES string of the molecule is CC(C)(C)OC(=O)NCCCC(=O)OCCN1C(=O)c2ccccc2S1(=O)=O. The average molecular weight is 412 g/mol. The quantitative estimate of drug-likeness (QED) is 0.534. The van der Waals surface area contributed by atoms with E-state index < -0.39 is 33.6 Å². The number of rotatable bonds is 7. The number of ether oxygens (including phenoxy) is 2. The van der Waals surface area contributed by atoms with E-state index in [1.165, 1.54) is 12.1 Å². The fourth-order valence-electron chi connectivity index (χ4n) is 2.50. The Morgan fingerprint density at radius 1 is 1.18 bits per heavy atom. The number of esters is 1. The maximum absolute atomic E-state index is 12.4. The van der Waals surface area contributed by atoms with E-state index in [1.54, 1.807) is 32.9 Å². The predicted molar refractivity (Wildman–Crippen MR) is 99.1 cm³/mol. The molecule has 0 saturated carbocycles. The predicted octanol–water partition coefficient (Wildman–Crippen LogP) is 1.68. The van der Waals surface area contributed by atoms with Crippen LogP contribution < -0.4 is 5.32 Å². The lowest BCUT2D eigenvalue weighted by Crippen LogP contribution is -2.34. The summed E-state index contributed by atoms with van der Waals surface area (Å²) < 4.78 is 35.5. The van der Waals surface area contributed by atoms with Crippen molar-refractivity contribution in [1.29, 1.82) is 0 Å². The lowest BCUT2D eigenvalue weighted by molar-refractivity contribution is -0.143. The lowest BCUT2D eigenvalue weighted by Gasteiger charge is -2.19.